The van der Waals surface area contributed by atoms with E-state index in [1.165, 1.54) is 0 Å². The van der Waals surface area contributed by atoms with Crippen molar-refractivity contribution < 1.29 is 9.53 Å². The first-order chi connectivity index (χ1) is 8.15. The Hall–Kier alpha value is -0.870. The summed E-state index contributed by atoms with van der Waals surface area (Å²) in [4.78, 5) is 13.7. The van der Waals surface area contributed by atoms with Gasteiger partial charge in [0, 0.05) is 12.6 Å². The van der Waals surface area contributed by atoms with Crippen molar-refractivity contribution in [2.24, 2.45) is 0 Å². The molecule has 0 bridgehead atoms. The molecule has 4 nitrogen and oxygen atoms in total. The fourth-order valence-corrected chi connectivity index (χ4v) is 1.97. The third kappa shape index (κ3) is 4.88. The van der Waals surface area contributed by atoms with Crippen LogP contribution in [0.1, 0.15) is 26.7 Å². The van der Waals surface area contributed by atoms with Gasteiger partial charge in [-0.05, 0) is 39.8 Å². The zero-order chi connectivity index (χ0) is 12.7. The van der Waals surface area contributed by atoms with Crippen molar-refractivity contribution in [2.75, 3.05) is 26.2 Å². The number of nitrogens with one attached hydrogen (secondary N) is 1. The number of carbonyl (C=O) groups excluding carboxylic acids is 1. The van der Waals surface area contributed by atoms with Crippen LogP contribution >= 0.6 is 0 Å². The van der Waals surface area contributed by atoms with E-state index >= 15 is 0 Å². The summed E-state index contributed by atoms with van der Waals surface area (Å²) in [5, 5.41) is 3.28. The molecule has 0 spiro atoms. The highest BCUT2D eigenvalue weighted by molar-refractivity contribution is 5.77. The van der Waals surface area contributed by atoms with Gasteiger partial charge in [0.05, 0.1) is 6.10 Å². The molecule has 1 aliphatic heterocycles. The number of hydrogen-bond donors (Lipinski definition) is 1. The maximum Gasteiger partial charge on any atom is 0.249 e. The lowest BCUT2D eigenvalue weighted by Crippen LogP contribution is -2.41. The first-order valence-electron chi connectivity index (χ1n) is 6.37. The predicted molar refractivity (Wildman–Crippen MR) is 68.9 cm³/mol. The second kappa shape index (κ2) is 7.45. The first-order valence-corrected chi connectivity index (χ1v) is 6.37. The molecule has 0 radical (unpaired) electrons. The van der Waals surface area contributed by atoms with Crippen LogP contribution in [0.4, 0.5) is 0 Å². The molecule has 0 aromatic rings. The molecule has 17 heavy (non-hydrogen) atoms. The minimum Gasteiger partial charge on any atom is -0.368 e. The highest BCUT2D eigenvalue weighted by Gasteiger charge is 2.19. The van der Waals surface area contributed by atoms with Crippen molar-refractivity contribution in [3.63, 3.8) is 0 Å². The normalized spacial score (nSPS) is 17.1. The van der Waals surface area contributed by atoms with Gasteiger partial charge in [-0.3, -0.25) is 4.79 Å². The van der Waals surface area contributed by atoms with Crippen LogP contribution in [0.2, 0.25) is 0 Å². The summed E-state index contributed by atoms with van der Waals surface area (Å²) in [6.07, 6.45) is 3.98. The van der Waals surface area contributed by atoms with Crippen molar-refractivity contribution in [3.8, 4) is 0 Å². The van der Waals surface area contributed by atoms with Crippen molar-refractivity contribution >= 4 is 5.91 Å². The van der Waals surface area contributed by atoms with Gasteiger partial charge in [-0.2, -0.15) is 0 Å². The van der Waals surface area contributed by atoms with E-state index in [1.54, 1.807) is 11.0 Å². The smallest absolute Gasteiger partial charge is 0.249 e. The topological polar surface area (TPSA) is 41.6 Å². The highest BCUT2D eigenvalue weighted by atomic mass is 16.5. The Bertz CT molecular complexity index is 248. The molecular formula is C13H24N2O2. The number of nitrogens with zero attached hydrogens (tertiary/aromatic N) is 1. The van der Waals surface area contributed by atoms with Crippen LogP contribution in [0.5, 0.6) is 0 Å². The molecule has 1 N–H and O–H groups in total. The maximum atomic E-state index is 12.0. The Labute approximate surface area is 104 Å². The van der Waals surface area contributed by atoms with Crippen LogP contribution in [0.25, 0.3) is 0 Å². The minimum atomic E-state index is 0.0541. The van der Waals surface area contributed by atoms with Gasteiger partial charge in [0.25, 0.3) is 0 Å². The minimum absolute atomic E-state index is 0.0541. The average Bonchev–Trinajstić information content (AvgIpc) is 2.34. The molecule has 1 rings (SSSR count). The molecule has 0 saturated carbocycles. The lowest BCUT2D eigenvalue weighted by atomic mass is 10.1. The lowest BCUT2D eigenvalue weighted by molar-refractivity contribution is -0.139. The van der Waals surface area contributed by atoms with Crippen molar-refractivity contribution in [1.29, 1.82) is 0 Å². The van der Waals surface area contributed by atoms with E-state index < -0.39 is 0 Å². The summed E-state index contributed by atoms with van der Waals surface area (Å²) in [5.41, 5.74) is 0. The van der Waals surface area contributed by atoms with Crippen LogP contribution in [0, 0.1) is 0 Å². The van der Waals surface area contributed by atoms with Gasteiger partial charge < -0.3 is 15.0 Å². The second-order valence-electron chi connectivity index (χ2n) is 4.69. The third-order valence-electron chi connectivity index (χ3n) is 3.00. The molecule has 0 aliphatic carbocycles. The first kappa shape index (κ1) is 14.2. The summed E-state index contributed by atoms with van der Waals surface area (Å²) >= 11 is 0. The summed E-state index contributed by atoms with van der Waals surface area (Å²) in [6, 6.07) is 0.192. The number of hydrogen-bond acceptors (Lipinski definition) is 3. The predicted octanol–water partition coefficient (Wildman–Crippen LogP) is 1.18. The van der Waals surface area contributed by atoms with Crippen LogP contribution in [-0.4, -0.2) is 49.2 Å². The summed E-state index contributed by atoms with van der Waals surface area (Å²) < 4.78 is 5.66. The van der Waals surface area contributed by atoms with Crippen molar-refractivity contribution in [3.05, 3.63) is 12.7 Å². The molecule has 1 heterocycles. The monoisotopic (exact) mass is 240 g/mol. The van der Waals surface area contributed by atoms with Gasteiger partial charge >= 0.3 is 0 Å². The van der Waals surface area contributed by atoms with Crippen molar-refractivity contribution in [1.82, 2.24) is 10.2 Å². The molecule has 1 saturated heterocycles. The number of rotatable bonds is 6. The van der Waals surface area contributed by atoms with Gasteiger partial charge in [-0.15, -0.1) is 6.58 Å². The zero-order valence-electron chi connectivity index (χ0n) is 10.9. The Morgan fingerprint density at radius 3 is 2.71 bits per heavy atom. The Balaban J connectivity index is 2.32. The molecule has 0 aromatic carbocycles. The zero-order valence-corrected chi connectivity index (χ0v) is 10.9. The molecule has 1 amide bonds. The van der Waals surface area contributed by atoms with Gasteiger partial charge in [0.2, 0.25) is 5.91 Å². The second-order valence-corrected chi connectivity index (χ2v) is 4.69. The van der Waals surface area contributed by atoms with Crippen molar-refractivity contribution in [2.45, 2.75) is 38.8 Å². The van der Waals surface area contributed by atoms with E-state index in [0.29, 0.717) is 6.54 Å². The Kier molecular flexibility index (Phi) is 6.22. The molecule has 0 unspecified atom stereocenters. The SMILES string of the molecule is C=CCN(C(=O)COC1CCNCC1)C(C)C. The van der Waals surface area contributed by atoms with E-state index in [9.17, 15) is 4.79 Å². The fraction of sp³-hybridized carbons (Fsp3) is 0.769. The van der Waals surface area contributed by atoms with Crippen LogP contribution in [-0.2, 0) is 9.53 Å². The van der Waals surface area contributed by atoms with Crippen LogP contribution in [0.15, 0.2) is 12.7 Å². The standard InChI is InChI=1S/C13H24N2O2/c1-4-9-15(11(2)3)13(16)10-17-12-5-7-14-8-6-12/h4,11-12,14H,1,5-10H2,2-3H3. The number of carbonyl (C=O) groups is 1. The molecule has 4 heteroatoms. The number of piperidine rings is 1. The van der Waals surface area contributed by atoms with E-state index in [1.807, 2.05) is 13.8 Å². The van der Waals surface area contributed by atoms with E-state index in [2.05, 4.69) is 11.9 Å². The largest absolute Gasteiger partial charge is 0.368 e. The molecular weight excluding hydrogens is 216 g/mol. The third-order valence-corrected chi connectivity index (χ3v) is 3.00. The van der Waals surface area contributed by atoms with Gasteiger partial charge in [0.1, 0.15) is 6.61 Å². The van der Waals surface area contributed by atoms with Crippen LogP contribution < -0.4 is 5.32 Å². The lowest BCUT2D eigenvalue weighted by Gasteiger charge is -2.27. The van der Waals surface area contributed by atoms with E-state index in [4.69, 9.17) is 4.74 Å². The van der Waals surface area contributed by atoms with Gasteiger partial charge in [-0.1, -0.05) is 6.08 Å². The van der Waals surface area contributed by atoms with E-state index in [-0.39, 0.29) is 24.7 Å². The molecule has 1 aliphatic rings. The number of amides is 1. The summed E-state index contributed by atoms with van der Waals surface area (Å²) in [7, 11) is 0. The quantitative estimate of drug-likeness (QED) is 0.709. The van der Waals surface area contributed by atoms with Crippen LogP contribution in [0.3, 0.4) is 0 Å². The maximum absolute atomic E-state index is 12.0. The Morgan fingerprint density at radius 2 is 2.18 bits per heavy atom. The fourth-order valence-electron chi connectivity index (χ4n) is 1.97. The summed E-state index contributed by atoms with van der Waals surface area (Å²) in [6.45, 7) is 10.4. The molecule has 0 aromatic heterocycles. The highest BCUT2D eigenvalue weighted by Crippen LogP contribution is 2.08. The number of ether oxygens (including phenoxy) is 1. The molecule has 0 atom stereocenters. The summed E-state index contributed by atoms with van der Waals surface area (Å²) in [5.74, 6) is 0.0541. The van der Waals surface area contributed by atoms with E-state index in [0.717, 1.165) is 25.9 Å². The average molecular weight is 240 g/mol. The Morgan fingerprint density at radius 1 is 1.53 bits per heavy atom. The van der Waals surface area contributed by atoms with Gasteiger partial charge in [0.15, 0.2) is 0 Å². The molecule has 1 fully saturated rings. The molecule has 98 valence electrons. The van der Waals surface area contributed by atoms with Gasteiger partial charge in [-0.25, -0.2) is 0 Å².